The lowest BCUT2D eigenvalue weighted by molar-refractivity contribution is -0.128. The summed E-state index contributed by atoms with van der Waals surface area (Å²) in [7, 11) is 0. The first-order chi connectivity index (χ1) is 13.9. The topological polar surface area (TPSA) is 26.3 Å². The summed E-state index contributed by atoms with van der Waals surface area (Å²) in [6.45, 7) is 3.45. The van der Waals surface area contributed by atoms with Crippen molar-refractivity contribution in [1.29, 1.82) is 0 Å². The van der Waals surface area contributed by atoms with Gasteiger partial charge in [0.25, 0.3) is 6.47 Å². The monoisotopic (exact) mass is 396 g/mol. The molecule has 0 N–H and O–H groups in total. The Labute approximate surface area is 177 Å². The predicted molar refractivity (Wildman–Crippen MR) is 124 cm³/mol. The zero-order valence-corrected chi connectivity index (χ0v) is 19.4. The molecule has 0 fully saturated rings. The lowest BCUT2D eigenvalue weighted by Crippen LogP contribution is -1.91. The second-order valence-electron chi connectivity index (χ2n) is 8.75. The van der Waals surface area contributed by atoms with Crippen LogP contribution < -0.4 is 0 Å². The van der Waals surface area contributed by atoms with Crippen LogP contribution in [0.3, 0.4) is 0 Å². The minimum atomic E-state index is 0.554. The van der Waals surface area contributed by atoms with Crippen molar-refractivity contribution in [2.45, 2.75) is 155 Å². The van der Waals surface area contributed by atoms with Crippen molar-refractivity contribution in [2.24, 2.45) is 0 Å². The van der Waals surface area contributed by atoms with Gasteiger partial charge >= 0.3 is 0 Å². The molecule has 2 nitrogen and oxygen atoms in total. The molecule has 0 aliphatic rings. The van der Waals surface area contributed by atoms with E-state index in [1.165, 1.54) is 141 Å². The van der Waals surface area contributed by atoms with Gasteiger partial charge in [0.15, 0.2) is 0 Å². The van der Waals surface area contributed by atoms with E-state index in [4.69, 9.17) is 4.74 Å². The minimum absolute atomic E-state index is 0.554. The third-order valence-corrected chi connectivity index (χ3v) is 5.93. The summed E-state index contributed by atoms with van der Waals surface area (Å²) in [4.78, 5) is 10.0. The van der Waals surface area contributed by atoms with E-state index in [1.807, 2.05) is 0 Å². The molecular formula is C26H52O2. The molecule has 0 rings (SSSR count). The summed E-state index contributed by atoms with van der Waals surface area (Å²) in [6, 6.07) is 0. The highest BCUT2D eigenvalue weighted by molar-refractivity contribution is 5.36. The van der Waals surface area contributed by atoms with Crippen molar-refractivity contribution >= 4 is 6.47 Å². The van der Waals surface area contributed by atoms with Gasteiger partial charge in [-0.2, -0.15) is 0 Å². The number of rotatable bonds is 25. The molecular weight excluding hydrogens is 344 g/mol. The second kappa shape index (κ2) is 26.5. The van der Waals surface area contributed by atoms with Crippen LogP contribution in [-0.4, -0.2) is 13.1 Å². The summed E-state index contributed by atoms with van der Waals surface area (Å²) in [6.07, 6.45) is 32.3. The molecule has 0 amide bonds. The Hall–Kier alpha value is -0.530. The molecule has 2 heteroatoms. The lowest BCUT2D eigenvalue weighted by atomic mass is 10.0. The first kappa shape index (κ1) is 27.5. The van der Waals surface area contributed by atoms with Gasteiger partial charge in [0, 0.05) is 0 Å². The molecule has 0 aromatic rings. The third-order valence-electron chi connectivity index (χ3n) is 5.93. The van der Waals surface area contributed by atoms with Gasteiger partial charge in [-0.3, -0.25) is 4.79 Å². The predicted octanol–water partition coefficient (Wildman–Crippen LogP) is 9.15. The van der Waals surface area contributed by atoms with Gasteiger partial charge in [-0.25, -0.2) is 0 Å². The van der Waals surface area contributed by atoms with E-state index in [-0.39, 0.29) is 0 Å². The average molecular weight is 397 g/mol. The highest BCUT2D eigenvalue weighted by Crippen LogP contribution is 2.15. The van der Waals surface area contributed by atoms with E-state index < -0.39 is 0 Å². The van der Waals surface area contributed by atoms with Crippen LogP contribution in [0.4, 0.5) is 0 Å². The molecule has 0 radical (unpaired) electrons. The molecule has 0 aromatic heterocycles. The van der Waals surface area contributed by atoms with Crippen molar-refractivity contribution in [1.82, 2.24) is 0 Å². The first-order valence-corrected chi connectivity index (χ1v) is 13.0. The number of ether oxygens (including phenoxy) is 1. The van der Waals surface area contributed by atoms with Crippen LogP contribution in [0.25, 0.3) is 0 Å². The van der Waals surface area contributed by atoms with Gasteiger partial charge in [0.1, 0.15) is 0 Å². The van der Waals surface area contributed by atoms with Gasteiger partial charge in [0.05, 0.1) is 6.61 Å². The number of hydrogen-bond acceptors (Lipinski definition) is 2. The number of carbonyl (C=O) groups excluding carboxylic acids is 1. The maximum absolute atomic E-state index is 10.0. The molecule has 0 saturated heterocycles. The quantitative estimate of drug-likeness (QED) is 0.113. The van der Waals surface area contributed by atoms with Crippen molar-refractivity contribution in [3.8, 4) is 0 Å². The van der Waals surface area contributed by atoms with E-state index >= 15 is 0 Å². The van der Waals surface area contributed by atoms with Crippen LogP contribution in [0, 0.1) is 0 Å². The molecule has 0 spiro atoms. The average Bonchev–Trinajstić information content (AvgIpc) is 2.71. The van der Waals surface area contributed by atoms with Gasteiger partial charge in [0.2, 0.25) is 0 Å². The Kier molecular flexibility index (Phi) is 26.0. The van der Waals surface area contributed by atoms with E-state index in [1.54, 1.807) is 0 Å². The highest BCUT2D eigenvalue weighted by Gasteiger charge is 1.96. The highest BCUT2D eigenvalue weighted by atomic mass is 16.5. The molecule has 0 aliphatic carbocycles. The number of unbranched alkanes of at least 4 members (excludes halogenated alkanes) is 22. The molecule has 0 saturated carbocycles. The zero-order chi connectivity index (χ0) is 20.4. The Morgan fingerprint density at radius 1 is 0.429 bits per heavy atom. The number of hydrogen-bond donors (Lipinski definition) is 0. The second-order valence-corrected chi connectivity index (χ2v) is 8.75. The van der Waals surface area contributed by atoms with Crippen LogP contribution in [0.2, 0.25) is 0 Å². The largest absolute Gasteiger partial charge is 0.468 e. The van der Waals surface area contributed by atoms with Gasteiger partial charge in [-0.1, -0.05) is 148 Å². The van der Waals surface area contributed by atoms with Crippen molar-refractivity contribution < 1.29 is 9.53 Å². The van der Waals surface area contributed by atoms with Gasteiger partial charge < -0.3 is 4.74 Å². The molecule has 0 atom stereocenters. The van der Waals surface area contributed by atoms with Crippen LogP contribution in [0.1, 0.15) is 155 Å². The van der Waals surface area contributed by atoms with Crippen molar-refractivity contribution in [2.75, 3.05) is 6.61 Å². The summed E-state index contributed by atoms with van der Waals surface area (Å²) < 4.78 is 4.70. The van der Waals surface area contributed by atoms with Crippen LogP contribution >= 0.6 is 0 Å². The summed E-state index contributed by atoms with van der Waals surface area (Å²) in [5.41, 5.74) is 0. The molecule has 0 aromatic carbocycles. The third kappa shape index (κ3) is 25.5. The van der Waals surface area contributed by atoms with E-state index in [2.05, 4.69) is 6.92 Å². The maximum Gasteiger partial charge on any atom is 0.293 e. The Bertz CT molecular complexity index is 278. The smallest absolute Gasteiger partial charge is 0.293 e. The maximum atomic E-state index is 10.0. The van der Waals surface area contributed by atoms with Gasteiger partial charge in [-0.05, 0) is 6.42 Å². The van der Waals surface area contributed by atoms with Crippen LogP contribution in [0.5, 0.6) is 0 Å². The summed E-state index contributed by atoms with van der Waals surface area (Å²) in [5.74, 6) is 0. The first-order valence-electron chi connectivity index (χ1n) is 13.0. The van der Waals surface area contributed by atoms with E-state index in [0.717, 1.165) is 6.42 Å². The van der Waals surface area contributed by atoms with Crippen molar-refractivity contribution in [3.63, 3.8) is 0 Å². The van der Waals surface area contributed by atoms with E-state index in [0.29, 0.717) is 13.1 Å². The summed E-state index contributed by atoms with van der Waals surface area (Å²) in [5, 5.41) is 0. The van der Waals surface area contributed by atoms with E-state index in [9.17, 15) is 4.79 Å². The normalized spacial score (nSPS) is 11.0. The lowest BCUT2D eigenvalue weighted by Gasteiger charge is -2.04. The summed E-state index contributed by atoms with van der Waals surface area (Å²) >= 11 is 0. The molecule has 0 bridgehead atoms. The molecule has 0 unspecified atom stereocenters. The zero-order valence-electron chi connectivity index (χ0n) is 19.4. The Morgan fingerprint density at radius 3 is 0.929 bits per heavy atom. The van der Waals surface area contributed by atoms with Crippen LogP contribution in [-0.2, 0) is 9.53 Å². The Balaban J connectivity index is 2.97. The van der Waals surface area contributed by atoms with Crippen molar-refractivity contribution in [3.05, 3.63) is 0 Å². The van der Waals surface area contributed by atoms with Crippen LogP contribution in [0.15, 0.2) is 0 Å². The van der Waals surface area contributed by atoms with Gasteiger partial charge in [-0.15, -0.1) is 0 Å². The molecule has 28 heavy (non-hydrogen) atoms. The molecule has 168 valence electrons. The Morgan fingerprint density at radius 2 is 0.679 bits per heavy atom. The number of carbonyl (C=O) groups is 1. The minimum Gasteiger partial charge on any atom is -0.468 e. The molecule has 0 heterocycles. The fourth-order valence-electron chi connectivity index (χ4n) is 4.02. The standard InChI is InChI=1S/C26H52O2/c1-2-3-4-5-6-7-8-9-10-11-12-13-14-15-16-17-18-19-20-21-22-23-24-25-28-26-27/h26H,2-25H2,1H3. The fraction of sp³-hybridized carbons (Fsp3) is 0.962. The fourth-order valence-corrected chi connectivity index (χ4v) is 4.02. The SMILES string of the molecule is CCCCCCCCCCCCCCCCCCCCCCCCCOC=O. The molecule has 0 aliphatic heterocycles.